The highest BCUT2D eigenvalue weighted by atomic mass is 32.2. The maximum absolute atomic E-state index is 14.7. The molecule has 0 spiro atoms. The molecule has 4 nitrogen and oxygen atoms in total. The number of ether oxygens (including phenoxy) is 2. The van der Waals surface area contributed by atoms with Gasteiger partial charge in [-0.1, -0.05) is 30.3 Å². The highest BCUT2D eigenvalue weighted by molar-refractivity contribution is 7.98. The standard InChI is InChI=1S/C19H17FN2O2S/c1-25-17-10-7-14(11-22-17)24-16-9-8-15(21)19(18(16)20)23-12-13-5-3-2-4-6-13/h2-11H,12,21H2,1H3. The largest absolute Gasteiger partial charge is 0.484 e. The van der Waals surface area contributed by atoms with Gasteiger partial charge in [-0.05, 0) is 36.1 Å². The second kappa shape index (κ2) is 7.90. The van der Waals surface area contributed by atoms with Gasteiger partial charge in [0.15, 0.2) is 11.5 Å². The molecular formula is C19H17FN2O2S. The first kappa shape index (κ1) is 17.1. The van der Waals surface area contributed by atoms with Crippen molar-refractivity contribution in [2.45, 2.75) is 11.6 Å². The summed E-state index contributed by atoms with van der Waals surface area (Å²) in [7, 11) is 0. The van der Waals surface area contributed by atoms with E-state index in [-0.39, 0.29) is 23.8 Å². The van der Waals surface area contributed by atoms with Gasteiger partial charge in [-0.25, -0.2) is 4.98 Å². The van der Waals surface area contributed by atoms with Gasteiger partial charge in [0, 0.05) is 0 Å². The van der Waals surface area contributed by atoms with E-state index in [1.807, 2.05) is 42.7 Å². The molecule has 0 atom stereocenters. The lowest BCUT2D eigenvalue weighted by atomic mass is 10.2. The van der Waals surface area contributed by atoms with Crippen molar-refractivity contribution in [3.8, 4) is 17.2 Å². The summed E-state index contributed by atoms with van der Waals surface area (Å²) in [5, 5.41) is 0.858. The molecule has 0 aliphatic carbocycles. The number of nitrogens with two attached hydrogens (primary N) is 1. The maximum atomic E-state index is 14.7. The Morgan fingerprint density at radius 1 is 1.08 bits per heavy atom. The van der Waals surface area contributed by atoms with Crippen molar-refractivity contribution in [1.82, 2.24) is 4.98 Å². The zero-order valence-electron chi connectivity index (χ0n) is 13.6. The van der Waals surface area contributed by atoms with Crippen LogP contribution in [-0.4, -0.2) is 11.2 Å². The molecule has 128 valence electrons. The lowest BCUT2D eigenvalue weighted by Gasteiger charge is -2.13. The normalized spacial score (nSPS) is 10.5. The minimum Gasteiger partial charge on any atom is -0.484 e. The Morgan fingerprint density at radius 2 is 1.88 bits per heavy atom. The van der Waals surface area contributed by atoms with Crippen LogP contribution in [0.15, 0.2) is 65.8 Å². The Hall–Kier alpha value is -2.73. The molecule has 1 aromatic heterocycles. The summed E-state index contributed by atoms with van der Waals surface area (Å²) in [5.74, 6) is -0.175. The van der Waals surface area contributed by atoms with Crippen LogP contribution in [0.1, 0.15) is 5.56 Å². The Bertz CT molecular complexity index is 842. The summed E-state index contributed by atoms with van der Waals surface area (Å²) in [6.45, 7) is 0.218. The highest BCUT2D eigenvalue weighted by Gasteiger charge is 2.15. The molecule has 0 bridgehead atoms. The number of nitrogens with zero attached hydrogens (tertiary/aromatic N) is 1. The van der Waals surface area contributed by atoms with E-state index >= 15 is 0 Å². The Kier molecular flexibility index (Phi) is 5.40. The number of aromatic nitrogens is 1. The van der Waals surface area contributed by atoms with Crippen LogP contribution < -0.4 is 15.2 Å². The smallest absolute Gasteiger partial charge is 0.209 e. The fraction of sp³-hybridized carbons (Fsp3) is 0.105. The van der Waals surface area contributed by atoms with E-state index in [1.54, 1.807) is 18.3 Å². The fourth-order valence-electron chi connectivity index (χ4n) is 2.18. The van der Waals surface area contributed by atoms with Gasteiger partial charge in [0.1, 0.15) is 12.4 Å². The molecule has 0 fully saturated rings. The van der Waals surface area contributed by atoms with Crippen LogP contribution in [0.5, 0.6) is 17.2 Å². The third kappa shape index (κ3) is 4.22. The average molecular weight is 356 g/mol. The summed E-state index contributed by atoms with van der Waals surface area (Å²) < 4.78 is 25.9. The number of pyridine rings is 1. The molecule has 0 unspecified atom stereocenters. The number of benzene rings is 2. The van der Waals surface area contributed by atoms with Crippen molar-refractivity contribution in [2.75, 3.05) is 12.0 Å². The van der Waals surface area contributed by atoms with Crippen LogP contribution in [0.3, 0.4) is 0 Å². The molecule has 0 radical (unpaired) electrons. The van der Waals surface area contributed by atoms with Crippen molar-refractivity contribution >= 4 is 17.4 Å². The predicted molar refractivity (Wildman–Crippen MR) is 97.7 cm³/mol. The Morgan fingerprint density at radius 3 is 2.56 bits per heavy atom. The first-order valence-electron chi connectivity index (χ1n) is 7.60. The van der Waals surface area contributed by atoms with E-state index < -0.39 is 5.82 Å². The van der Waals surface area contributed by atoms with Crippen LogP contribution in [0.4, 0.5) is 10.1 Å². The molecule has 0 aliphatic heterocycles. The lowest BCUT2D eigenvalue weighted by Crippen LogP contribution is -2.02. The molecule has 3 rings (SSSR count). The number of hydrogen-bond donors (Lipinski definition) is 1. The SMILES string of the molecule is CSc1ccc(Oc2ccc(N)c(OCc3ccccc3)c2F)cn1. The molecule has 0 amide bonds. The van der Waals surface area contributed by atoms with E-state index in [4.69, 9.17) is 15.2 Å². The van der Waals surface area contributed by atoms with Gasteiger partial charge in [-0.2, -0.15) is 4.39 Å². The molecule has 0 saturated carbocycles. The Balaban J connectivity index is 1.78. The topological polar surface area (TPSA) is 57.4 Å². The molecule has 1 heterocycles. The van der Waals surface area contributed by atoms with E-state index in [9.17, 15) is 4.39 Å². The minimum absolute atomic E-state index is 0.0185. The number of rotatable bonds is 6. The van der Waals surface area contributed by atoms with E-state index in [1.165, 1.54) is 17.8 Å². The third-order valence-electron chi connectivity index (χ3n) is 3.46. The van der Waals surface area contributed by atoms with Crippen molar-refractivity contribution in [3.05, 3.63) is 72.2 Å². The van der Waals surface area contributed by atoms with Crippen LogP contribution in [0.2, 0.25) is 0 Å². The van der Waals surface area contributed by atoms with Gasteiger partial charge in [-0.3, -0.25) is 0 Å². The van der Waals surface area contributed by atoms with Crippen molar-refractivity contribution in [2.24, 2.45) is 0 Å². The maximum Gasteiger partial charge on any atom is 0.209 e. The quantitative estimate of drug-likeness (QED) is 0.503. The van der Waals surface area contributed by atoms with Crippen LogP contribution >= 0.6 is 11.8 Å². The first-order valence-corrected chi connectivity index (χ1v) is 8.82. The van der Waals surface area contributed by atoms with Crippen LogP contribution in [0.25, 0.3) is 0 Å². The zero-order chi connectivity index (χ0) is 17.6. The van der Waals surface area contributed by atoms with Gasteiger partial charge < -0.3 is 15.2 Å². The molecule has 6 heteroatoms. The molecule has 2 N–H and O–H groups in total. The summed E-state index contributed by atoms with van der Waals surface area (Å²) in [6.07, 6.45) is 3.48. The number of thioether (sulfide) groups is 1. The van der Waals surface area contributed by atoms with Gasteiger partial charge in [-0.15, -0.1) is 11.8 Å². The summed E-state index contributed by atoms with van der Waals surface area (Å²) in [5.41, 5.74) is 6.99. The molecular weight excluding hydrogens is 339 g/mol. The number of nitrogen functional groups attached to an aromatic ring is 1. The molecule has 0 saturated heterocycles. The second-order valence-corrected chi connectivity index (χ2v) is 6.04. The van der Waals surface area contributed by atoms with Crippen molar-refractivity contribution in [3.63, 3.8) is 0 Å². The lowest BCUT2D eigenvalue weighted by molar-refractivity contribution is 0.287. The summed E-state index contributed by atoms with van der Waals surface area (Å²) in [4.78, 5) is 4.20. The fourth-order valence-corrected chi connectivity index (χ4v) is 2.55. The van der Waals surface area contributed by atoms with Crippen LogP contribution in [0, 0.1) is 5.82 Å². The number of halogens is 1. The van der Waals surface area contributed by atoms with Gasteiger partial charge in [0.05, 0.1) is 16.9 Å². The molecule has 25 heavy (non-hydrogen) atoms. The van der Waals surface area contributed by atoms with Gasteiger partial charge in [0.25, 0.3) is 0 Å². The highest BCUT2D eigenvalue weighted by Crippen LogP contribution is 2.35. The number of hydrogen-bond acceptors (Lipinski definition) is 5. The zero-order valence-corrected chi connectivity index (χ0v) is 14.4. The number of anilines is 1. The van der Waals surface area contributed by atoms with Crippen molar-refractivity contribution in [1.29, 1.82) is 0 Å². The van der Waals surface area contributed by atoms with E-state index in [0.717, 1.165) is 10.6 Å². The van der Waals surface area contributed by atoms with Crippen LogP contribution in [-0.2, 0) is 6.61 Å². The second-order valence-electron chi connectivity index (χ2n) is 5.21. The van der Waals surface area contributed by atoms with E-state index in [0.29, 0.717) is 5.75 Å². The van der Waals surface area contributed by atoms with E-state index in [2.05, 4.69) is 4.98 Å². The van der Waals surface area contributed by atoms with Gasteiger partial charge in [0.2, 0.25) is 5.82 Å². The summed E-state index contributed by atoms with van der Waals surface area (Å²) >= 11 is 1.52. The minimum atomic E-state index is -0.634. The predicted octanol–water partition coefficient (Wildman–Crippen LogP) is 4.90. The van der Waals surface area contributed by atoms with Gasteiger partial charge >= 0.3 is 0 Å². The monoisotopic (exact) mass is 356 g/mol. The molecule has 2 aromatic carbocycles. The molecule has 0 aliphatic rings. The summed E-state index contributed by atoms with van der Waals surface area (Å²) in [6, 6.07) is 16.1. The average Bonchev–Trinajstić information content (AvgIpc) is 2.65. The third-order valence-corrected chi connectivity index (χ3v) is 4.12. The molecule has 3 aromatic rings. The first-order chi connectivity index (χ1) is 12.2. The van der Waals surface area contributed by atoms with Crippen molar-refractivity contribution < 1.29 is 13.9 Å². The Labute approximate surface area is 149 Å².